The number of Topliss-reactive ketones (excluding diaryl/α,β-unsaturated/α-hetero) is 1. The Morgan fingerprint density at radius 2 is 1.71 bits per heavy atom. The Hall–Kier alpha value is -3.08. The molecule has 5 heteroatoms. The predicted molar refractivity (Wildman–Crippen MR) is 123 cm³/mol. The second kappa shape index (κ2) is 10.3. The molecule has 0 spiro atoms. The number of allylic oxidation sites excluding steroid dienone is 1. The Bertz CT molecular complexity index is 1110. The molecule has 0 N–H and O–H groups in total. The molecular weight excluding hydrogens is 416 g/mol. The van der Waals surface area contributed by atoms with Crippen molar-refractivity contribution in [1.82, 2.24) is 4.90 Å². The van der Waals surface area contributed by atoms with Crippen LogP contribution in [0.2, 0.25) is 5.02 Å². The van der Waals surface area contributed by atoms with E-state index in [4.69, 9.17) is 11.6 Å². The monoisotopic (exact) mass is 437 g/mol. The fourth-order valence-electron chi connectivity index (χ4n) is 3.24. The van der Waals surface area contributed by atoms with Crippen molar-refractivity contribution in [1.29, 1.82) is 0 Å². The zero-order chi connectivity index (χ0) is 22.4. The molecule has 0 atom stereocenters. The van der Waals surface area contributed by atoms with Crippen molar-refractivity contribution in [2.24, 2.45) is 0 Å². The minimum Gasteiger partial charge on any atom is -0.298 e. The SMILES string of the molecule is C=C(CN(C)Cc1ccccc1)C(=O)/C(=C\c1ccc(Cl)cc1)c1ccc(F)cc1F. The van der Waals surface area contributed by atoms with Crippen LogP contribution in [0.1, 0.15) is 16.7 Å². The summed E-state index contributed by atoms with van der Waals surface area (Å²) in [5, 5.41) is 0.546. The number of benzene rings is 3. The largest absolute Gasteiger partial charge is 0.298 e. The first kappa shape index (κ1) is 22.6. The lowest BCUT2D eigenvalue weighted by Gasteiger charge is -2.19. The number of hydrogen-bond acceptors (Lipinski definition) is 2. The van der Waals surface area contributed by atoms with Crippen molar-refractivity contribution in [3.63, 3.8) is 0 Å². The topological polar surface area (TPSA) is 20.3 Å². The lowest BCUT2D eigenvalue weighted by Crippen LogP contribution is -2.24. The van der Waals surface area contributed by atoms with Gasteiger partial charge in [-0.15, -0.1) is 0 Å². The van der Waals surface area contributed by atoms with Gasteiger partial charge in [-0.05, 0) is 48.5 Å². The van der Waals surface area contributed by atoms with E-state index in [0.29, 0.717) is 29.2 Å². The molecule has 0 fully saturated rings. The smallest absolute Gasteiger partial charge is 0.190 e. The molecule has 0 amide bonds. The molecule has 0 unspecified atom stereocenters. The minimum atomic E-state index is -0.806. The zero-order valence-corrected chi connectivity index (χ0v) is 17.9. The van der Waals surface area contributed by atoms with E-state index in [0.717, 1.165) is 17.7 Å². The molecule has 3 rings (SSSR count). The number of ketones is 1. The Morgan fingerprint density at radius 1 is 1.03 bits per heavy atom. The second-order valence-electron chi connectivity index (χ2n) is 7.32. The fraction of sp³-hybridized carbons (Fsp3) is 0.115. The summed E-state index contributed by atoms with van der Waals surface area (Å²) >= 11 is 5.94. The number of hydrogen-bond donors (Lipinski definition) is 0. The van der Waals surface area contributed by atoms with Crippen LogP contribution in [-0.4, -0.2) is 24.3 Å². The summed E-state index contributed by atoms with van der Waals surface area (Å²) in [5.74, 6) is -1.92. The van der Waals surface area contributed by atoms with Gasteiger partial charge in [0.1, 0.15) is 11.6 Å². The van der Waals surface area contributed by atoms with Gasteiger partial charge in [0, 0.05) is 40.9 Å². The average molecular weight is 438 g/mol. The maximum Gasteiger partial charge on any atom is 0.190 e. The molecule has 0 saturated carbocycles. The van der Waals surface area contributed by atoms with E-state index in [-0.39, 0.29) is 11.1 Å². The van der Waals surface area contributed by atoms with Gasteiger partial charge in [-0.1, -0.05) is 60.6 Å². The van der Waals surface area contributed by atoms with E-state index < -0.39 is 17.4 Å². The van der Waals surface area contributed by atoms with Crippen molar-refractivity contribution in [2.45, 2.75) is 6.54 Å². The highest BCUT2D eigenvalue weighted by Crippen LogP contribution is 2.26. The Labute approximate surface area is 186 Å². The highest BCUT2D eigenvalue weighted by molar-refractivity contribution is 6.32. The first-order valence-electron chi connectivity index (χ1n) is 9.71. The summed E-state index contributed by atoms with van der Waals surface area (Å²) in [6, 6.07) is 19.8. The van der Waals surface area contributed by atoms with Gasteiger partial charge in [0.2, 0.25) is 0 Å². The van der Waals surface area contributed by atoms with Gasteiger partial charge in [0.05, 0.1) is 0 Å². The van der Waals surface area contributed by atoms with Crippen molar-refractivity contribution in [3.8, 4) is 0 Å². The molecule has 3 aromatic carbocycles. The Kier molecular flexibility index (Phi) is 7.50. The molecule has 0 heterocycles. The highest BCUT2D eigenvalue weighted by Gasteiger charge is 2.20. The lowest BCUT2D eigenvalue weighted by atomic mass is 9.94. The second-order valence-corrected chi connectivity index (χ2v) is 7.76. The maximum atomic E-state index is 14.5. The molecule has 0 aromatic heterocycles. The predicted octanol–water partition coefficient (Wildman–Crippen LogP) is 6.42. The van der Waals surface area contributed by atoms with E-state index in [1.165, 1.54) is 6.07 Å². The molecule has 158 valence electrons. The standard InChI is InChI=1S/C26H22ClF2NO/c1-18(16-30(2)17-20-6-4-3-5-7-20)26(31)24(14-19-8-10-21(27)11-9-19)23-13-12-22(28)15-25(23)29/h3-15H,1,16-17H2,2H3/b24-14-. The molecule has 0 aliphatic heterocycles. The summed E-state index contributed by atoms with van der Waals surface area (Å²) < 4.78 is 28.0. The van der Waals surface area contributed by atoms with Gasteiger partial charge >= 0.3 is 0 Å². The summed E-state index contributed by atoms with van der Waals surface area (Å²) in [6.45, 7) is 4.87. The number of nitrogens with zero attached hydrogens (tertiary/aromatic N) is 1. The Morgan fingerprint density at radius 3 is 2.35 bits per heavy atom. The van der Waals surface area contributed by atoms with Crippen molar-refractivity contribution < 1.29 is 13.6 Å². The number of carbonyl (C=O) groups is 1. The molecular formula is C26H22ClF2NO. The van der Waals surface area contributed by atoms with E-state index >= 15 is 0 Å². The molecule has 0 saturated heterocycles. The van der Waals surface area contributed by atoms with Crippen molar-refractivity contribution in [3.05, 3.63) is 118 Å². The van der Waals surface area contributed by atoms with Crippen LogP contribution in [0.3, 0.4) is 0 Å². The highest BCUT2D eigenvalue weighted by atomic mass is 35.5. The van der Waals surface area contributed by atoms with Crippen LogP contribution in [-0.2, 0) is 11.3 Å². The van der Waals surface area contributed by atoms with Crippen LogP contribution in [0.15, 0.2) is 84.9 Å². The van der Waals surface area contributed by atoms with E-state index in [1.807, 2.05) is 42.3 Å². The summed E-state index contributed by atoms with van der Waals surface area (Å²) in [5.41, 5.74) is 2.21. The number of rotatable bonds is 8. The third-order valence-electron chi connectivity index (χ3n) is 4.72. The van der Waals surface area contributed by atoms with Gasteiger partial charge in [-0.2, -0.15) is 0 Å². The van der Waals surface area contributed by atoms with Crippen LogP contribution < -0.4 is 0 Å². The number of halogens is 3. The van der Waals surface area contributed by atoms with Gasteiger partial charge in [-0.3, -0.25) is 9.69 Å². The van der Waals surface area contributed by atoms with Gasteiger partial charge in [0.15, 0.2) is 5.78 Å². The third-order valence-corrected chi connectivity index (χ3v) is 4.98. The van der Waals surface area contributed by atoms with Crippen LogP contribution >= 0.6 is 11.6 Å². The normalized spacial score (nSPS) is 11.6. The molecule has 31 heavy (non-hydrogen) atoms. The third kappa shape index (κ3) is 6.20. The number of likely N-dealkylation sites (N-methyl/N-ethyl adjacent to an activating group) is 1. The molecule has 0 radical (unpaired) electrons. The first-order chi connectivity index (χ1) is 14.8. The maximum absolute atomic E-state index is 14.5. The van der Waals surface area contributed by atoms with Crippen LogP contribution in [0.5, 0.6) is 0 Å². The van der Waals surface area contributed by atoms with E-state index in [1.54, 1.807) is 30.3 Å². The van der Waals surface area contributed by atoms with Gasteiger partial charge < -0.3 is 0 Å². The molecule has 3 aromatic rings. The lowest BCUT2D eigenvalue weighted by molar-refractivity contribution is -0.110. The van der Waals surface area contributed by atoms with Crippen LogP contribution in [0.25, 0.3) is 11.6 Å². The summed E-state index contributed by atoms with van der Waals surface area (Å²) in [4.78, 5) is 15.2. The van der Waals surface area contributed by atoms with Crippen LogP contribution in [0, 0.1) is 11.6 Å². The van der Waals surface area contributed by atoms with Gasteiger partial charge in [-0.25, -0.2) is 8.78 Å². The van der Waals surface area contributed by atoms with E-state index in [9.17, 15) is 13.6 Å². The molecule has 2 nitrogen and oxygen atoms in total. The van der Waals surface area contributed by atoms with Crippen molar-refractivity contribution in [2.75, 3.05) is 13.6 Å². The van der Waals surface area contributed by atoms with Crippen LogP contribution in [0.4, 0.5) is 8.78 Å². The van der Waals surface area contributed by atoms with Crippen molar-refractivity contribution >= 4 is 29.0 Å². The minimum absolute atomic E-state index is 0.0215. The molecule has 0 aliphatic rings. The quantitative estimate of drug-likeness (QED) is 0.299. The summed E-state index contributed by atoms with van der Waals surface area (Å²) in [7, 11) is 1.88. The Balaban J connectivity index is 1.88. The average Bonchev–Trinajstić information content (AvgIpc) is 2.74. The zero-order valence-electron chi connectivity index (χ0n) is 17.1. The summed E-state index contributed by atoms with van der Waals surface area (Å²) in [6.07, 6.45) is 1.57. The first-order valence-corrected chi connectivity index (χ1v) is 10.1. The number of carbonyl (C=O) groups excluding carboxylic acids is 1. The fourth-order valence-corrected chi connectivity index (χ4v) is 3.36. The molecule has 0 aliphatic carbocycles. The van der Waals surface area contributed by atoms with Gasteiger partial charge in [0.25, 0.3) is 0 Å². The van der Waals surface area contributed by atoms with E-state index in [2.05, 4.69) is 6.58 Å². The molecule has 0 bridgehead atoms.